The standard InChI is InChI=1S/C33H39ClNO2.C5H8.C2H6.CH3NO.Fm/c1-26-17-19-28(20-18-26)33(27-13-5-4-6-14-27,29-15-7-8-16-30(29)34)37-31(36)25-32(22-10-11-23-32)21-9-2-3-12-24-35;1-3-5-4-2;1-2;2-1-3;/h4-8,13-20,35H,2-3,9-12,21-25H2,1H3;1H,4-5H2,2H3;1-2H3;1H,(H2,2,3);/q-1;;;;. The number of terminal acetylenes is 1. The van der Waals surface area contributed by atoms with Gasteiger partial charge in [-0.05, 0) is 44.1 Å². The Balaban J connectivity index is 0.00000178. The second-order valence-corrected chi connectivity index (χ2v) is 12.2. The van der Waals surface area contributed by atoms with Crippen molar-refractivity contribution in [3.63, 3.8) is 0 Å². The predicted molar refractivity (Wildman–Crippen MR) is 198 cm³/mol. The molecule has 4 rings (SSSR count). The van der Waals surface area contributed by atoms with Crippen LogP contribution >= 0.6 is 11.6 Å². The number of rotatable bonds is 13. The molecule has 5 nitrogen and oxygen atoms in total. The first-order valence-corrected chi connectivity index (χ1v) is 17.5. The van der Waals surface area contributed by atoms with E-state index in [1.165, 1.54) is 12.8 Å². The maximum absolute atomic E-state index is 14.0. The van der Waals surface area contributed by atoms with Crippen molar-refractivity contribution < 1.29 is 14.3 Å². The summed E-state index contributed by atoms with van der Waals surface area (Å²) in [6.45, 7) is 8.63. The summed E-state index contributed by atoms with van der Waals surface area (Å²) < 4.78 is 6.70. The minimum Gasteiger partial charge on any atom is -0.677 e. The molecule has 0 spiro atoms. The molecule has 1 saturated carbocycles. The van der Waals surface area contributed by atoms with Gasteiger partial charge in [0, 0.05) is 28.1 Å². The normalized spacial score (nSPS) is 13.6. The summed E-state index contributed by atoms with van der Waals surface area (Å²) in [5.74, 6) is 2.35. The van der Waals surface area contributed by atoms with E-state index in [0.717, 1.165) is 80.0 Å². The van der Waals surface area contributed by atoms with Crippen LogP contribution in [0.5, 0.6) is 0 Å². The largest absolute Gasteiger partial charge is 0.677 e. The molecular weight excluding hydrogens is 861 g/mol. The molecule has 1 aliphatic rings. The summed E-state index contributed by atoms with van der Waals surface area (Å²) in [6, 6.07) is 25.9. The van der Waals surface area contributed by atoms with Crippen molar-refractivity contribution in [2.45, 2.75) is 110 Å². The van der Waals surface area contributed by atoms with Crippen molar-refractivity contribution in [2.75, 3.05) is 6.54 Å². The van der Waals surface area contributed by atoms with Crippen LogP contribution in [0, 0.1) is 24.7 Å². The Morgan fingerprint density at radius 1 is 0.958 bits per heavy atom. The number of unbranched alkanes of at least 4 members (excludes halogenated alkanes) is 4. The molecule has 3 aromatic carbocycles. The van der Waals surface area contributed by atoms with Gasteiger partial charge in [-0.15, -0.1) is 12.3 Å². The Bertz CT molecular complexity index is 1320. The van der Waals surface area contributed by atoms with Crippen molar-refractivity contribution in [1.29, 1.82) is 0 Å². The van der Waals surface area contributed by atoms with E-state index < -0.39 is 5.60 Å². The van der Waals surface area contributed by atoms with Crippen molar-refractivity contribution >= 4 is 24.0 Å². The van der Waals surface area contributed by atoms with Gasteiger partial charge in [-0.1, -0.05) is 149 Å². The average molecular weight is 917 g/mol. The van der Waals surface area contributed by atoms with Gasteiger partial charge in [0.2, 0.25) is 6.41 Å². The van der Waals surface area contributed by atoms with E-state index in [1.807, 2.05) is 68.4 Å². The van der Waals surface area contributed by atoms with Crippen molar-refractivity contribution in [3.05, 3.63) is 112 Å². The monoisotopic (exact) mass is 916 g/mol. The number of nitrogens with two attached hydrogens (primary N) is 1. The molecule has 7 heteroatoms. The van der Waals surface area contributed by atoms with Gasteiger partial charge in [-0.25, -0.2) is 0 Å². The van der Waals surface area contributed by atoms with E-state index in [9.17, 15) is 4.79 Å². The van der Waals surface area contributed by atoms with Crippen molar-refractivity contribution in [1.82, 2.24) is 0 Å². The summed E-state index contributed by atoms with van der Waals surface area (Å²) in [5, 5.41) is 0.574. The molecule has 1 aliphatic carbocycles. The van der Waals surface area contributed by atoms with Gasteiger partial charge in [0.1, 0.15) is 0 Å². The molecule has 0 bridgehead atoms. The maximum Gasteiger partial charge on any atom is 0.307 e. The van der Waals surface area contributed by atoms with Crippen molar-refractivity contribution in [3.8, 4) is 12.3 Å². The molecule has 1 amide bonds. The van der Waals surface area contributed by atoms with E-state index in [4.69, 9.17) is 33.3 Å². The minimum absolute atomic E-state index is 0. The summed E-state index contributed by atoms with van der Waals surface area (Å²) >= 11 is 6.83. The Kier molecular flexibility index (Phi) is 22.2. The molecule has 1 atom stereocenters. The summed E-state index contributed by atoms with van der Waals surface area (Å²) in [7, 11) is 0. The summed E-state index contributed by atoms with van der Waals surface area (Å²) in [6.07, 6.45) is 17.4. The number of hydrogen-bond acceptors (Lipinski definition) is 3. The zero-order valence-electron chi connectivity index (χ0n) is 29.3. The van der Waals surface area contributed by atoms with Crippen LogP contribution in [-0.2, 0) is 19.9 Å². The molecule has 1 fully saturated rings. The average Bonchev–Trinajstić information content (AvgIpc) is 3.55. The maximum atomic E-state index is 14.0. The molecule has 0 radical (unpaired) electrons. The third kappa shape index (κ3) is 13.3. The van der Waals surface area contributed by atoms with Crippen molar-refractivity contribution in [2.24, 2.45) is 11.1 Å². The molecule has 3 aromatic rings. The number of benzene rings is 3. The van der Waals surface area contributed by atoms with E-state index >= 15 is 0 Å². The first kappa shape index (κ1) is 43.4. The predicted octanol–water partition coefficient (Wildman–Crippen LogP) is 11.0. The second-order valence-electron chi connectivity index (χ2n) is 11.8. The number of amides is 1. The van der Waals surface area contributed by atoms with E-state index in [0.29, 0.717) is 18.0 Å². The van der Waals surface area contributed by atoms with Gasteiger partial charge < -0.3 is 16.2 Å². The van der Waals surface area contributed by atoms with E-state index in [1.54, 1.807) is 0 Å². The topological polar surface area (TPSA) is 93.2 Å². The van der Waals surface area contributed by atoms with Crippen LogP contribution < -0.4 is 5.73 Å². The molecule has 0 aliphatic heterocycles. The number of aryl methyl sites for hydroxylation is 1. The van der Waals surface area contributed by atoms with Crippen LogP contribution in [0.25, 0.3) is 5.73 Å². The molecule has 0 aromatic heterocycles. The van der Waals surface area contributed by atoms with E-state index in [-0.39, 0.29) is 17.8 Å². The molecule has 48 heavy (non-hydrogen) atoms. The quantitative estimate of drug-likeness (QED) is 0.0608. The number of primary amides is 1. The first-order chi connectivity index (χ1) is 22.8. The van der Waals surface area contributed by atoms with Gasteiger partial charge >= 0.3 is 5.97 Å². The first-order valence-electron chi connectivity index (χ1n) is 17.2. The third-order valence-electron chi connectivity index (χ3n) is 8.37. The summed E-state index contributed by atoms with van der Waals surface area (Å²) in [5.41, 5.74) is 14.1. The number of carbonyl (C=O) groups is 2. The van der Waals surface area contributed by atoms with Crippen LogP contribution in [0.2, 0.25) is 5.02 Å². The fourth-order valence-electron chi connectivity index (χ4n) is 6.13. The van der Waals surface area contributed by atoms with Crippen LogP contribution in [0.3, 0.4) is 0 Å². The molecule has 1 unspecified atom stereocenters. The Labute approximate surface area is 289 Å². The SMILES string of the molecule is C#CCCC.CC.Cc1ccc(C(OC(=O)CC2(CCCCCC[NH-])CCCC2)(c2ccccc2)c2ccccc2Cl)cc1.NC=O.[Fm]. The van der Waals surface area contributed by atoms with Gasteiger partial charge in [-0.3, -0.25) is 9.59 Å². The van der Waals surface area contributed by atoms with Gasteiger partial charge in [-0.2, -0.15) is 6.54 Å². The zero-order valence-corrected chi connectivity index (χ0v) is 32.5. The zero-order chi connectivity index (χ0) is 35.0. The number of nitrogens with one attached hydrogen (secondary N) is 1. The Morgan fingerprint density at radius 3 is 2.02 bits per heavy atom. The molecule has 268 valence electrons. The second kappa shape index (κ2) is 24.6. The number of carbonyl (C=O) groups excluding carboxylic acids is 2. The van der Waals surface area contributed by atoms with Crippen LogP contribution in [0.15, 0.2) is 78.9 Å². The van der Waals surface area contributed by atoms with Gasteiger partial charge in [0.25, 0.3) is 0 Å². The van der Waals surface area contributed by atoms with Crippen LogP contribution in [0.1, 0.15) is 120 Å². The smallest absolute Gasteiger partial charge is 0.307 e. The Morgan fingerprint density at radius 2 is 1.50 bits per heavy atom. The van der Waals surface area contributed by atoms with E-state index in [2.05, 4.69) is 49.8 Å². The number of ether oxygens (including phenoxy) is 1. The van der Waals surface area contributed by atoms with Gasteiger partial charge in [0.05, 0.1) is 6.42 Å². The van der Waals surface area contributed by atoms with Crippen LogP contribution in [-0.4, -0.2) is 18.9 Å². The van der Waals surface area contributed by atoms with Gasteiger partial charge in [0.15, 0.2) is 5.60 Å². The number of halogens is 1. The molecular formula is C41H56ClFmN2O3-. The van der Waals surface area contributed by atoms with Crippen LogP contribution in [0.4, 0.5) is 0 Å². The molecule has 3 N–H and O–H groups in total. The molecule has 0 saturated heterocycles. The molecule has 0 heterocycles. The summed E-state index contributed by atoms with van der Waals surface area (Å²) in [4.78, 5) is 22.5. The third-order valence-corrected chi connectivity index (χ3v) is 8.70. The Hall–Kier alpha value is -4.59. The fourth-order valence-corrected chi connectivity index (χ4v) is 6.40. The fraction of sp³-hybridized carbons (Fsp3) is 0.463. The number of hydrogen-bond donors (Lipinski definition) is 1. The minimum atomic E-state index is -1.14. The number of esters is 1.